The topological polar surface area (TPSA) is 30.2 Å². The van der Waals surface area contributed by atoms with E-state index in [9.17, 15) is 4.79 Å². The first-order chi connectivity index (χ1) is 7.66. The van der Waals surface area contributed by atoms with E-state index in [1.165, 1.54) is 5.57 Å². The molecule has 16 heavy (non-hydrogen) atoms. The summed E-state index contributed by atoms with van der Waals surface area (Å²) in [6.07, 6.45) is 7.85. The molecule has 2 rings (SSSR count). The van der Waals surface area contributed by atoms with Crippen molar-refractivity contribution in [3.63, 3.8) is 0 Å². The average molecular weight is 218 g/mol. The van der Waals surface area contributed by atoms with Crippen molar-refractivity contribution in [3.8, 4) is 0 Å². The van der Waals surface area contributed by atoms with Crippen LogP contribution in [0.3, 0.4) is 0 Å². The molecule has 1 atom stereocenters. The van der Waals surface area contributed by atoms with Crippen molar-refractivity contribution in [1.29, 1.82) is 0 Å². The molecule has 0 N–H and O–H groups in total. The van der Waals surface area contributed by atoms with Gasteiger partial charge in [-0.1, -0.05) is 19.4 Å². The van der Waals surface area contributed by atoms with Crippen molar-refractivity contribution in [1.82, 2.24) is 0 Å². The van der Waals surface area contributed by atoms with E-state index in [1.54, 1.807) is 12.5 Å². The molecule has 2 heteroatoms. The lowest BCUT2D eigenvalue weighted by molar-refractivity contribution is -0.115. The Kier molecular flexibility index (Phi) is 3.28. The van der Waals surface area contributed by atoms with Crippen molar-refractivity contribution in [2.75, 3.05) is 0 Å². The predicted molar refractivity (Wildman–Crippen MR) is 63.1 cm³/mol. The van der Waals surface area contributed by atoms with E-state index in [0.717, 1.165) is 18.4 Å². The maximum atomic E-state index is 11.5. The molecule has 0 bridgehead atoms. The zero-order chi connectivity index (χ0) is 11.5. The highest BCUT2D eigenvalue weighted by molar-refractivity contribution is 5.91. The van der Waals surface area contributed by atoms with Crippen molar-refractivity contribution in [2.24, 2.45) is 11.8 Å². The number of carbonyl (C=O) groups is 1. The van der Waals surface area contributed by atoms with Crippen molar-refractivity contribution >= 4 is 5.78 Å². The molecule has 1 aromatic rings. The van der Waals surface area contributed by atoms with E-state index in [-0.39, 0.29) is 5.78 Å². The van der Waals surface area contributed by atoms with Gasteiger partial charge >= 0.3 is 0 Å². The molecule has 0 radical (unpaired) electrons. The Morgan fingerprint density at radius 1 is 1.50 bits per heavy atom. The zero-order valence-electron chi connectivity index (χ0n) is 9.90. The minimum Gasteiger partial charge on any atom is -0.472 e. The van der Waals surface area contributed by atoms with E-state index < -0.39 is 0 Å². The summed E-state index contributed by atoms with van der Waals surface area (Å²) < 4.78 is 5.07. The average Bonchev–Trinajstić information content (AvgIpc) is 2.70. The Morgan fingerprint density at radius 3 is 2.94 bits per heavy atom. The Morgan fingerprint density at radius 2 is 2.31 bits per heavy atom. The van der Waals surface area contributed by atoms with Gasteiger partial charge in [-0.25, -0.2) is 0 Å². The third-order valence-electron chi connectivity index (χ3n) is 3.32. The lowest BCUT2D eigenvalue weighted by atomic mass is 9.78. The second kappa shape index (κ2) is 4.69. The molecular formula is C14H18O2. The van der Waals surface area contributed by atoms with Crippen LogP contribution >= 0.6 is 0 Å². The summed E-state index contributed by atoms with van der Waals surface area (Å²) >= 11 is 0. The summed E-state index contributed by atoms with van der Waals surface area (Å²) in [5.41, 5.74) is 2.43. The molecular weight excluding hydrogens is 200 g/mol. The molecule has 1 aromatic heterocycles. The van der Waals surface area contributed by atoms with Crippen LogP contribution in [0, 0.1) is 11.8 Å². The highest BCUT2D eigenvalue weighted by Crippen LogP contribution is 2.31. The second-order valence-electron chi connectivity index (χ2n) is 4.88. The molecule has 0 fully saturated rings. The summed E-state index contributed by atoms with van der Waals surface area (Å²) in [5.74, 6) is 1.43. The van der Waals surface area contributed by atoms with Gasteiger partial charge in [-0.3, -0.25) is 4.79 Å². The van der Waals surface area contributed by atoms with Crippen LogP contribution in [0.25, 0.3) is 0 Å². The maximum Gasteiger partial charge on any atom is 0.155 e. The first kappa shape index (κ1) is 11.2. The molecule has 86 valence electrons. The van der Waals surface area contributed by atoms with Gasteiger partial charge in [-0.15, -0.1) is 0 Å². The Balaban J connectivity index is 2.17. The van der Waals surface area contributed by atoms with Crippen molar-refractivity contribution in [2.45, 2.75) is 33.1 Å². The largest absolute Gasteiger partial charge is 0.472 e. The van der Waals surface area contributed by atoms with E-state index in [4.69, 9.17) is 4.42 Å². The van der Waals surface area contributed by atoms with Gasteiger partial charge in [0.1, 0.15) is 0 Å². The SMILES string of the molecule is CC(C)C1CCC(=O)C=C1Cc1ccoc1. The number of allylic oxidation sites excluding steroid dienone is 2. The van der Waals surface area contributed by atoms with E-state index >= 15 is 0 Å². The fourth-order valence-electron chi connectivity index (χ4n) is 2.44. The molecule has 2 nitrogen and oxygen atoms in total. The van der Waals surface area contributed by atoms with Gasteiger partial charge < -0.3 is 4.42 Å². The van der Waals surface area contributed by atoms with E-state index in [2.05, 4.69) is 13.8 Å². The summed E-state index contributed by atoms with van der Waals surface area (Å²) in [7, 11) is 0. The van der Waals surface area contributed by atoms with Crippen LogP contribution < -0.4 is 0 Å². The number of furan rings is 1. The summed E-state index contributed by atoms with van der Waals surface area (Å²) in [5, 5.41) is 0. The maximum absolute atomic E-state index is 11.5. The number of hydrogen-bond acceptors (Lipinski definition) is 2. The highest BCUT2D eigenvalue weighted by atomic mass is 16.3. The smallest absolute Gasteiger partial charge is 0.155 e. The number of hydrogen-bond donors (Lipinski definition) is 0. The highest BCUT2D eigenvalue weighted by Gasteiger charge is 2.24. The van der Waals surface area contributed by atoms with Gasteiger partial charge in [0, 0.05) is 6.42 Å². The molecule has 1 aliphatic rings. The van der Waals surface area contributed by atoms with Crippen molar-refractivity contribution in [3.05, 3.63) is 35.8 Å². The third kappa shape index (κ3) is 2.43. The predicted octanol–water partition coefficient (Wildman–Crippen LogP) is 3.38. The molecule has 0 amide bonds. The number of rotatable bonds is 3. The van der Waals surface area contributed by atoms with Crippen LogP contribution in [0.15, 0.2) is 34.7 Å². The standard InChI is InChI=1S/C14H18O2/c1-10(2)14-4-3-13(15)8-12(14)7-11-5-6-16-9-11/h5-6,8-10,14H,3-4,7H2,1-2H3. The van der Waals surface area contributed by atoms with Gasteiger partial charge in [0.15, 0.2) is 5.78 Å². The molecule has 0 saturated heterocycles. The molecule has 0 aliphatic heterocycles. The fourth-order valence-corrected chi connectivity index (χ4v) is 2.44. The van der Waals surface area contributed by atoms with E-state index in [1.807, 2.05) is 12.1 Å². The fraction of sp³-hybridized carbons (Fsp3) is 0.500. The van der Waals surface area contributed by atoms with Crippen LogP contribution in [-0.4, -0.2) is 5.78 Å². The van der Waals surface area contributed by atoms with Gasteiger partial charge in [-0.2, -0.15) is 0 Å². The Hall–Kier alpha value is -1.31. The summed E-state index contributed by atoms with van der Waals surface area (Å²) in [6, 6.07) is 1.97. The normalized spacial score (nSPS) is 21.3. The number of ketones is 1. The third-order valence-corrected chi connectivity index (χ3v) is 3.32. The van der Waals surface area contributed by atoms with Gasteiger partial charge in [-0.05, 0) is 42.4 Å². The molecule has 1 heterocycles. The zero-order valence-corrected chi connectivity index (χ0v) is 9.90. The summed E-state index contributed by atoms with van der Waals surface area (Å²) in [6.45, 7) is 4.45. The van der Waals surface area contributed by atoms with Crippen LogP contribution in [0.1, 0.15) is 32.3 Å². The van der Waals surface area contributed by atoms with Gasteiger partial charge in [0.25, 0.3) is 0 Å². The lowest BCUT2D eigenvalue weighted by Crippen LogP contribution is -2.20. The Labute approximate surface area is 96.3 Å². The molecule has 1 aliphatic carbocycles. The second-order valence-corrected chi connectivity index (χ2v) is 4.88. The monoisotopic (exact) mass is 218 g/mol. The van der Waals surface area contributed by atoms with Gasteiger partial charge in [0.2, 0.25) is 0 Å². The summed E-state index contributed by atoms with van der Waals surface area (Å²) in [4.78, 5) is 11.5. The van der Waals surface area contributed by atoms with Crippen LogP contribution in [-0.2, 0) is 11.2 Å². The Bertz CT molecular complexity index is 385. The molecule has 0 aromatic carbocycles. The molecule has 0 saturated carbocycles. The molecule has 1 unspecified atom stereocenters. The van der Waals surface area contributed by atoms with Crippen molar-refractivity contribution < 1.29 is 9.21 Å². The first-order valence-electron chi connectivity index (χ1n) is 5.91. The van der Waals surface area contributed by atoms with Crippen LogP contribution in [0.2, 0.25) is 0 Å². The lowest BCUT2D eigenvalue weighted by Gasteiger charge is -2.26. The first-order valence-corrected chi connectivity index (χ1v) is 5.91. The minimum absolute atomic E-state index is 0.274. The minimum atomic E-state index is 0.274. The van der Waals surface area contributed by atoms with Crippen LogP contribution in [0.4, 0.5) is 0 Å². The molecule has 0 spiro atoms. The van der Waals surface area contributed by atoms with E-state index in [0.29, 0.717) is 18.3 Å². The van der Waals surface area contributed by atoms with Crippen LogP contribution in [0.5, 0.6) is 0 Å². The quantitative estimate of drug-likeness (QED) is 0.778. The number of carbonyl (C=O) groups excluding carboxylic acids is 1. The van der Waals surface area contributed by atoms with Gasteiger partial charge in [0.05, 0.1) is 12.5 Å².